The molecule has 6 heteroatoms. The van der Waals surface area contributed by atoms with Gasteiger partial charge in [-0.3, -0.25) is 4.90 Å². The number of sulfone groups is 1. The van der Waals surface area contributed by atoms with Crippen molar-refractivity contribution in [2.24, 2.45) is 0 Å². The molecule has 0 unspecified atom stereocenters. The van der Waals surface area contributed by atoms with Crippen LogP contribution in [0.2, 0.25) is 0 Å². The van der Waals surface area contributed by atoms with E-state index in [0.717, 1.165) is 34.5 Å². The molecule has 28 heavy (non-hydrogen) atoms. The van der Waals surface area contributed by atoms with Gasteiger partial charge in [0.05, 0.1) is 29.8 Å². The molecular weight excluding hydrogens is 374 g/mol. The topological polar surface area (TPSA) is 59.8 Å². The fourth-order valence-corrected chi connectivity index (χ4v) is 6.73. The van der Waals surface area contributed by atoms with E-state index >= 15 is 0 Å². The highest BCUT2D eigenvalue weighted by Crippen LogP contribution is 2.46. The molecule has 0 aliphatic carbocycles. The van der Waals surface area contributed by atoms with Gasteiger partial charge in [-0.05, 0) is 35.4 Å². The molecule has 5 nitrogen and oxygen atoms in total. The molecule has 2 aliphatic heterocycles. The van der Waals surface area contributed by atoms with Gasteiger partial charge in [0.1, 0.15) is 5.75 Å². The van der Waals surface area contributed by atoms with Crippen molar-refractivity contribution in [3.8, 4) is 16.9 Å². The average Bonchev–Trinajstić information content (AvgIpc) is 3.41. The van der Waals surface area contributed by atoms with Crippen molar-refractivity contribution >= 4 is 9.84 Å². The zero-order chi connectivity index (χ0) is 19.3. The molecule has 2 atom stereocenters. The zero-order valence-electron chi connectivity index (χ0n) is 15.5. The summed E-state index contributed by atoms with van der Waals surface area (Å²) in [6.07, 6.45) is 3.32. The third kappa shape index (κ3) is 2.67. The van der Waals surface area contributed by atoms with Crippen LogP contribution in [0.5, 0.6) is 5.75 Å². The van der Waals surface area contributed by atoms with Gasteiger partial charge >= 0.3 is 0 Å². The third-order valence-electron chi connectivity index (χ3n) is 5.90. The largest absolute Gasteiger partial charge is 0.496 e. The van der Waals surface area contributed by atoms with E-state index in [1.807, 2.05) is 42.5 Å². The number of nitrogens with zero attached hydrogens (tertiary/aromatic N) is 1. The van der Waals surface area contributed by atoms with Gasteiger partial charge in [0.2, 0.25) is 0 Å². The Morgan fingerprint density at radius 1 is 1.11 bits per heavy atom. The molecule has 0 saturated carbocycles. The Bertz CT molecular complexity index is 1120. The maximum Gasteiger partial charge on any atom is 0.183 e. The smallest absolute Gasteiger partial charge is 0.183 e. The van der Waals surface area contributed by atoms with Crippen LogP contribution in [0.1, 0.15) is 17.0 Å². The van der Waals surface area contributed by atoms with Gasteiger partial charge in [0, 0.05) is 36.7 Å². The Balaban J connectivity index is 1.47. The van der Waals surface area contributed by atoms with Crippen LogP contribution in [0.25, 0.3) is 11.1 Å². The molecule has 144 valence electrons. The van der Waals surface area contributed by atoms with Gasteiger partial charge in [-0.25, -0.2) is 8.42 Å². The number of para-hydroxylation sites is 1. The molecule has 0 N–H and O–H groups in total. The highest BCUT2D eigenvalue weighted by atomic mass is 32.2. The van der Waals surface area contributed by atoms with Gasteiger partial charge in [0.25, 0.3) is 0 Å². The van der Waals surface area contributed by atoms with E-state index in [0.29, 0.717) is 18.0 Å². The van der Waals surface area contributed by atoms with Gasteiger partial charge in [-0.15, -0.1) is 0 Å². The maximum atomic E-state index is 13.1. The molecule has 1 fully saturated rings. The lowest BCUT2D eigenvalue weighted by Crippen LogP contribution is -2.26. The Hall–Kier alpha value is -2.57. The monoisotopic (exact) mass is 395 g/mol. The third-order valence-corrected chi connectivity index (χ3v) is 8.16. The predicted octanol–water partition coefficient (Wildman–Crippen LogP) is 3.71. The first-order chi connectivity index (χ1) is 13.6. The summed E-state index contributed by atoms with van der Waals surface area (Å²) in [5.41, 5.74) is 3.97. The molecule has 1 aromatic heterocycles. The van der Waals surface area contributed by atoms with E-state index in [1.165, 1.54) is 0 Å². The quantitative estimate of drug-likeness (QED) is 0.674. The van der Waals surface area contributed by atoms with Gasteiger partial charge in [-0.1, -0.05) is 24.3 Å². The molecule has 2 aliphatic rings. The summed E-state index contributed by atoms with van der Waals surface area (Å²) in [5.74, 6) is 0.839. The van der Waals surface area contributed by atoms with E-state index in [1.54, 1.807) is 25.7 Å². The maximum absolute atomic E-state index is 13.1. The van der Waals surface area contributed by atoms with Crippen molar-refractivity contribution in [3.05, 3.63) is 72.2 Å². The summed E-state index contributed by atoms with van der Waals surface area (Å²) in [6, 6.07) is 15.4. The summed E-state index contributed by atoms with van der Waals surface area (Å²) in [4.78, 5) is 2.71. The summed E-state index contributed by atoms with van der Waals surface area (Å²) in [6.45, 7) is 1.95. The molecule has 5 rings (SSSR count). The number of fused-ring (bicyclic) bond motifs is 3. The van der Waals surface area contributed by atoms with Crippen LogP contribution in [0, 0.1) is 0 Å². The molecule has 0 bridgehead atoms. The Labute approximate surface area is 164 Å². The molecule has 3 heterocycles. The van der Waals surface area contributed by atoms with Crippen molar-refractivity contribution in [2.45, 2.75) is 22.6 Å². The molecule has 2 aromatic carbocycles. The first kappa shape index (κ1) is 17.5. The average molecular weight is 395 g/mol. The SMILES string of the molecule is COc1ccccc1CN1C[C@@H]2c3cc(-c4ccoc4)ccc3S(=O)(=O)[C@@H]2C1. The predicted molar refractivity (Wildman–Crippen MR) is 106 cm³/mol. The van der Waals surface area contributed by atoms with E-state index in [2.05, 4.69) is 4.90 Å². The molecule has 0 radical (unpaired) electrons. The number of furan rings is 1. The second-order valence-electron chi connectivity index (χ2n) is 7.46. The Morgan fingerprint density at radius 3 is 2.75 bits per heavy atom. The van der Waals surface area contributed by atoms with Crippen LogP contribution in [-0.2, 0) is 16.4 Å². The summed E-state index contributed by atoms with van der Waals surface area (Å²) in [5, 5.41) is -0.378. The van der Waals surface area contributed by atoms with E-state index in [-0.39, 0.29) is 11.2 Å². The van der Waals surface area contributed by atoms with Crippen molar-refractivity contribution in [3.63, 3.8) is 0 Å². The molecule has 1 saturated heterocycles. The van der Waals surface area contributed by atoms with Crippen molar-refractivity contribution < 1.29 is 17.6 Å². The molecule has 0 spiro atoms. The second-order valence-corrected chi connectivity index (χ2v) is 9.60. The van der Waals surface area contributed by atoms with Crippen LogP contribution in [-0.4, -0.2) is 38.8 Å². The number of hydrogen-bond donors (Lipinski definition) is 0. The standard InChI is InChI=1S/C22H21NO4S/c1-26-20-5-3-2-4-16(20)11-23-12-19-18-10-15(17-8-9-27-14-17)6-7-21(18)28(24,25)22(19)13-23/h2-10,14,19,22H,11-13H2,1H3/t19-,22-/m1/s1. The van der Waals surface area contributed by atoms with Crippen LogP contribution < -0.4 is 4.74 Å². The van der Waals surface area contributed by atoms with E-state index in [4.69, 9.17) is 9.15 Å². The lowest BCUT2D eigenvalue weighted by Gasteiger charge is -2.19. The first-order valence-electron chi connectivity index (χ1n) is 9.32. The molecule has 3 aromatic rings. The van der Waals surface area contributed by atoms with Crippen LogP contribution in [0.4, 0.5) is 0 Å². The minimum atomic E-state index is -3.31. The number of hydrogen-bond acceptors (Lipinski definition) is 5. The van der Waals surface area contributed by atoms with Gasteiger partial charge in [-0.2, -0.15) is 0 Å². The normalized spacial score (nSPS) is 22.8. The number of rotatable bonds is 4. The Morgan fingerprint density at radius 2 is 1.96 bits per heavy atom. The fraction of sp³-hybridized carbons (Fsp3) is 0.273. The van der Waals surface area contributed by atoms with E-state index in [9.17, 15) is 8.42 Å². The second kappa shape index (κ2) is 6.50. The number of likely N-dealkylation sites (tertiary alicyclic amines) is 1. The highest BCUT2D eigenvalue weighted by Gasteiger charge is 2.50. The van der Waals surface area contributed by atoms with Gasteiger partial charge in [0.15, 0.2) is 9.84 Å². The Kier molecular flexibility index (Phi) is 4.07. The number of benzene rings is 2. The minimum absolute atomic E-state index is 0.00144. The van der Waals surface area contributed by atoms with E-state index < -0.39 is 9.84 Å². The van der Waals surface area contributed by atoms with Gasteiger partial charge < -0.3 is 9.15 Å². The first-order valence-corrected chi connectivity index (χ1v) is 10.9. The highest BCUT2D eigenvalue weighted by molar-refractivity contribution is 7.92. The number of methoxy groups -OCH3 is 1. The van der Waals surface area contributed by atoms with Crippen LogP contribution >= 0.6 is 0 Å². The summed E-state index contributed by atoms with van der Waals surface area (Å²) in [7, 11) is -1.64. The van der Waals surface area contributed by atoms with Crippen molar-refractivity contribution in [1.82, 2.24) is 4.90 Å². The summed E-state index contributed by atoms with van der Waals surface area (Å²) >= 11 is 0. The zero-order valence-corrected chi connectivity index (χ0v) is 16.4. The molecular formula is C22H21NO4S. The van der Waals surface area contributed by atoms with Crippen molar-refractivity contribution in [1.29, 1.82) is 0 Å². The molecule has 0 amide bonds. The fourth-order valence-electron chi connectivity index (χ4n) is 4.54. The van der Waals surface area contributed by atoms with Crippen molar-refractivity contribution in [2.75, 3.05) is 20.2 Å². The summed E-state index contributed by atoms with van der Waals surface area (Å²) < 4.78 is 36.9. The van der Waals surface area contributed by atoms with Crippen LogP contribution in [0.15, 0.2) is 70.4 Å². The lowest BCUT2D eigenvalue weighted by atomic mass is 9.95. The minimum Gasteiger partial charge on any atom is -0.496 e. The number of ether oxygens (including phenoxy) is 1. The lowest BCUT2D eigenvalue weighted by molar-refractivity contribution is 0.316. The van der Waals surface area contributed by atoms with Crippen LogP contribution in [0.3, 0.4) is 0 Å².